The van der Waals surface area contributed by atoms with Crippen LogP contribution >= 0.6 is 0 Å². The van der Waals surface area contributed by atoms with E-state index in [-0.39, 0.29) is 12.4 Å². The molecule has 0 amide bonds. The van der Waals surface area contributed by atoms with Gasteiger partial charge in [-0.3, -0.25) is 4.98 Å². The van der Waals surface area contributed by atoms with Gasteiger partial charge in [0, 0.05) is 38.6 Å². The van der Waals surface area contributed by atoms with Gasteiger partial charge >= 0.3 is 0 Å². The molecule has 2 aromatic rings. The molecule has 1 aromatic heterocycles. The maximum absolute atomic E-state index is 13.1. The highest BCUT2D eigenvalue weighted by atomic mass is 32.2. The number of benzene rings is 1. The topological polar surface area (TPSA) is 53.5 Å². The minimum absolute atomic E-state index is 0.286. The molecular weight excluding hydrogens is 353 g/mol. The molecule has 1 aliphatic heterocycles. The van der Waals surface area contributed by atoms with E-state index in [0.29, 0.717) is 26.1 Å². The molecule has 5 nitrogen and oxygen atoms in total. The standard InChI is InChI=1S/C19H24FN3O2S/c20-19-8-6-17(7-9-19)10-14-23(16-18-5-4-11-21-15-18)26(24,25)22-12-2-1-3-13-22/h4-9,11,15H,1-3,10,12-14,16H2. The maximum atomic E-state index is 13.1. The summed E-state index contributed by atoms with van der Waals surface area (Å²) in [6.07, 6.45) is 6.77. The van der Waals surface area contributed by atoms with E-state index in [1.165, 1.54) is 16.4 Å². The van der Waals surface area contributed by atoms with E-state index < -0.39 is 10.2 Å². The molecule has 1 fully saturated rings. The van der Waals surface area contributed by atoms with Gasteiger partial charge < -0.3 is 0 Å². The summed E-state index contributed by atoms with van der Waals surface area (Å²) in [4.78, 5) is 4.08. The van der Waals surface area contributed by atoms with Gasteiger partial charge in [-0.25, -0.2) is 4.39 Å². The molecule has 0 atom stereocenters. The fraction of sp³-hybridized carbons (Fsp3) is 0.421. The van der Waals surface area contributed by atoms with Crippen LogP contribution in [-0.4, -0.2) is 41.6 Å². The zero-order chi connectivity index (χ0) is 18.4. The minimum Gasteiger partial charge on any atom is -0.264 e. The van der Waals surface area contributed by atoms with E-state index in [4.69, 9.17) is 0 Å². The molecule has 0 aliphatic carbocycles. The Balaban J connectivity index is 1.77. The van der Waals surface area contributed by atoms with Crippen molar-refractivity contribution in [2.75, 3.05) is 19.6 Å². The van der Waals surface area contributed by atoms with Crippen LogP contribution in [-0.2, 0) is 23.2 Å². The van der Waals surface area contributed by atoms with Crippen molar-refractivity contribution in [3.8, 4) is 0 Å². The van der Waals surface area contributed by atoms with Crippen LogP contribution < -0.4 is 0 Å². The van der Waals surface area contributed by atoms with Crippen molar-refractivity contribution in [3.63, 3.8) is 0 Å². The van der Waals surface area contributed by atoms with Crippen molar-refractivity contribution in [3.05, 3.63) is 65.7 Å². The van der Waals surface area contributed by atoms with Crippen molar-refractivity contribution < 1.29 is 12.8 Å². The van der Waals surface area contributed by atoms with Gasteiger partial charge in [0.25, 0.3) is 10.2 Å². The Morgan fingerprint density at radius 1 is 1.04 bits per heavy atom. The number of hydrogen-bond donors (Lipinski definition) is 0. The zero-order valence-corrected chi connectivity index (χ0v) is 15.5. The molecule has 3 rings (SSSR count). The van der Waals surface area contributed by atoms with E-state index >= 15 is 0 Å². The van der Waals surface area contributed by atoms with Crippen LogP contribution in [0.3, 0.4) is 0 Å². The highest BCUT2D eigenvalue weighted by Gasteiger charge is 2.30. The zero-order valence-electron chi connectivity index (χ0n) is 14.7. The quantitative estimate of drug-likeness (QED) is 0.745. The molecule has 0 N–H and O–H groups in total. The highest BCUT2D eigenvalue weighted by Crippen LogP contribution is 2.19. The molecule has 1 saturated heterocycles. The third kappa shape index (κ3) is 4.87. The lowest BCUT2D eigenvalue weighted by molar-refractivity contribution is 0.300. The number of hydrogen-bond acceptors (Lipinski definition) is 3. The second-order valence-electron chi connectivity index (χ2n) is 6.54. The Labute approximate surface area is 154 Å². The molecule has 2 heterocycles. The van der Waals surface area contributed by atoms with E-state index in [0.717, 1.165) is 30.4 Å². The van der Waals surface area contributed by atoms with Crippen molar-refractivity contribution in [1.82, 2.24) is 13.6 Å². The molecule has 1 aromatic carbocycles. The number of piperidine rings is 1. The highest BCUT2D eigenvalue weighted by molar-refractivity contribution is 7.86. The van der Waals surface area contributed by atoms with Gasteiger partial charge in [0.15, 0.2) is 0 Å². The normalized spacial score (nSPS) is 16.1. The summed E-state index contributed by atoms with van der Waals surface area (Å²) in [5, 5.41) is 0. The van der Waals surface area contributed by atoms with Gasteiger partial charge in [0.05, 0.1) is 0 Å². The van der Waals surface area contributed by atoms with Crippen molar-refractivity contribution in [2.45, 2.75) is 32.2 Å². The monoisotopic (exact) mass is 377 g/mol. The molecule has 0 saturated carbocycles. The van der Waals surface area contributed by atoms with Crippen LogP contribution in [0.1, 0.15) is 30.4 Å². The van der Waals surface area contributed by atoms with Gasteiger partial charge in [-0.1, -0.05) is 24.6 Å². The number of halogens is 1. The first kappa shape index (κ1) is 18.9. The smallest absolute Gasteiger partial charge is 0.264 e. The van der Waals surface area contributed by atoms with Gasteiger partial charge in [0.2, 0.25) is 0 Å². The van der Waals surface area contributed by atoms with Crippen molar-refractivity contribution in [1.29, 1.82) is 0 Å². The fourth-order valence-electron chi connectivity index (χ4n) is 3.14. The average Bonchev–Trinajstić information content (AvgIpc) is 2.68. The van der Waals surface area contributed by atoms with E-state index in [2.05, 4.69) is 4.98 Å². The average molecular weight is 377 g/mol. The van der Waals surface area contributed by atoms with Crippen LogP contribution in [0.5, 0.6) is 0 Å². The number of rotatable bonds is 7. The summed E-state index contributed by atoms with van der Waals surface area (Å²) in [6.45, 7) is 1.78. The summed E-state index contributed by atoms with van der Waals surface area (Å²) in [5.74, 6) is -0.290. The van der Waals surface area contributed by atoms with Gasteiger partial charge in [0.1, 0.15) is 5.82 Å². The molecule has 0 unspecified atom stereocenters. The first-order valence-electron chi connectivity index (χ1n) is 8.94. The Morgan fingerprint density at radius 3 is 2.42 bits per heavy atom. The lowest BCUT2D eigenvalue weighted by atomic mass is 10.1. The molecule has 7 heteroatoms. The second kappa shape index (κ2) is 8.70. The number of aromatic nitrogens is 1. The van der Waals surface area contributed by atoms with Crippen LogP contribution in [0.25, 0.3) is 0 Å². The fourth-order valence-corrected chi connectivity index (χ4v) is 4.82. The molecule has 0 radical (unpaired) electrons. The second-order valence-corrected chi connectivity index (χ2v) is 8.47. The minimum atomic E-state index is -3.54. The SMILES string of the molecule is O=S(=O)(N1CCCCC1)N(CCc1ccc(F)cc1)Cc1cccnc1. The molecule has 140 valence electrons. The molecular formula is C19H24FN3O2S. The lowest BCUT2D eigenvalue weighted by Gasteiger charge is -2.32. The molecule has 26 heavy (non-hydrogen) atoms. The summed E-state index contributed by atoms with van der Waals surface area (Å²) in [5.41, 5.74) is 1.77. The summed E-state index contributed by atoms with van der Waals surface area (Å²) in [6, 6.07) is 9.89. The van der Waals surface area contributed by atoms with Crippen molar-refractivity contribution >= 4 is 10.2 Å². The molecule has 1 aliphatic rings. The Morgan fingerprint density at radius 2 is 1.77 bits per heavy atom. The predicted molar refractivity (Wildman–Crippen MR) is 99.1 cm³/mol. The Bertz CT molecular complexity index is 791. The lowest BCUT2D eigenvalue weighted by Crippen LogP contribution is -2.46. The van der Waals surface area contributed by atoms with Crippen molar-refractivity contribution in [2.24, 2.45) is 0 Å². The third-order valence-corrected chi connectivity index (χ3v) is 6.59. The first-order chi connectivity index (χ1) is 12.6. The maximum Gasteiger partial charge on any atom is 0.282 e. The molecule has 0 spiro atoms. The van der Waals surface area contributed by atoms with Crippen LogP contribution in [0.2, 0.25) is 0 Å². The Kier molecular flexibility index (Phi) is 6.34. The summed E-state index contributed by atoms with van der Waals surface area (Å²) < 4.78 is 42.5. The predicted octanol–water partition coefficient (Wildman–Crippen LogP) is 3.00. The van der Waals surface area contributed by atoms with Crippen LogP contribution in [0, 0.1) is 5.82 Å². The number of nitrogens with zero attached hydrogens (tertiary/aromatic N) is 3. The van der Waals surface area contributed by atoms with Crippen LogP contribution in [0.15, 0.2) is 48.8 Å². The van der Waals surface area contributed by atoms with Crippen LogP contribution in [0.4, 0.5) is 4.39 Å². The van der Waals surface area contributed by atoms with E-state index in [1.807, 2.05) is 6.07 Å². The first-order valence-corrected chi connectivity index (χ1v) is 10.3. The third-order valence-electron chi connectivity index (χ3n) is 4.61. The number of pyridine rings is 1. The van der Waals surface area contributed by atoms with Gasteiger partial charge in [-0.15, -0.1) is 0 Å². The van der Waals surface area contributed by atoms with Gasteiger partial charge in [-0.05, 0) is 48.6 Å². The van der Waals surface area contributed by atoms with E-state index in [1.54, 1.807) is 34.9 Å². The Hall–Kier alpha value is -1.83. The largest absolute Gasteiger partial charge is 0.282 e. The summed E-state index contributed by atoms with van der Waals surface area (Å²) >= 11 is 0. The summed E-state index contributed by atoms with van der Waals surface area (Å²) in [7, 11) is -3.54. The van der Waals surface area contributed by atoms with Gasteiger partial charge in [-0.2, -0.15) is 17.0 Å². The van der Waals surface area contributed by atoms with E-state index in [9.17, 15) is 12.8 Å². The molecule has 0 bridgehead atoms.